The average Bonchev–Trinajstić information content (AvgIpc) is 3.35. The van der Waals surface area contributed by atoms with E-state index in [2.05, 4.69) is 20.7 Å². The molecule has 31 heavy (non-hydrogen) atoms. The topological polar surface area (TPSA) is 89.8 Å². The van der Waals surface area contributed by atoms with Crippen molar-refractivity contribution in [1.82, 2.24) is 19.9 Å². The number of nitrogens with zero attached hydrogens (tertiary/aromatic N) is 3. The molecule has 2 aromatic carbocycles. The zero-order valence-electron chi connectivity index (χ0n) is 16.9. The quantitative estimate of drug-likeness (QED) is 0.453. The van der Waals surface area contributed by atoms with Crippen LogP contribution in [0.5, 0.6) is 11.5 Å². The third-order valence-electron chi connectivity index (χ3n) is 4.54. The molecule has 0 saturated carbocycles. The van der Waals surface area contributed by atoms with Gasteiger partial charge in [0, 0.05) is 42.2 Å². The Morgan fingerprint density at radius 2 is 1.90 bits per heavy atom. The van der Waals surface area contributed by atoms with Gasteiger partial charge in [-0.3, -0.25) is 0 Å². The first kappa shape index (κ1) is 20.6. The Morgan fingerprint density at radius 3 is 2.61 bits per heavy atom. The summed E-state index contributed by atoms with van der Waals surface area (Å²) < 4.78 is 26.1. The van der Waals surface area contributed by atoms with Crippen molar-refractivity contribution in [3.63, 3.8) is 0 Å². The summed E-state index contributed by atoms with van der Waals surface area (Å²) in [4.78, 5) is 17.3. The van der Waals surface area contributed by atoms with Crippen LogP contribution < -0.4 is 20.1 Å². The van der Waals surface area contributed by atoms with Crippen molar-refractivity contribution in [3.8, 4) is 22.9 Å². The van der Waals surface area contributed by atoms with Crippen molar-refractivity contribution in [3.05, 3.63) is 59.4 Å². The number of aromatic nitrogens is 3. The first-order valence-corrected chi connectivity index (χ1v) is 10.3. The van der Waals surface area contributed by atoms with E-state index in [-0.39, 0.29) is 11.8 Å². The predicted octanol–water partition coefficient (Wildman–Crippen LogP) is 3.98. The number of hydrogen-bond acceptors (Lipinski definition) is 6. The number of benzene rings is 2. The van der Waals surface area contributed by atoms with Crippen LogP contribution in [0, 0.1) is 5.82 Å². The first-order valence-electron chi connectivity index (χ1n) is 9.43. The molecule has 2 aromatic heterocycles. The highest BCUT2D eigenvalue weighted by atomic mass is 32.1. The second kappa shape index (κ2) is 9.00. The molecule has 160 valence electrons. The maximum Gasteiger partial charge on any atom is 0.319 e. The molecule has 4 rings (SSSR count). The van der Waals surface area contributed by atoms with E-state index >= 15 is 0 Å². The van der Waals surface area contributed by atoms with Gasteiger partial charge in [0.05, 0.1) is 25.5 Å². The second-order valence-corrected chi connectivity index (χ2v) is 7.41. The van der Waals surface area contributed by atoms with Gasteiger partial charge in [0.2, 0.25) is 4.96 Å². The molecule has 4 aromatic rings. The molecule has 0 spiro atoms. The maximum absolute atomic E-state index is 14.0. The van der Waals surface area contributed by atoms with Crippen molar-refractivity contribution in [2.75, 3.05) is 26.1 Å². The molecule has 0 bridgehead atoms. The van der Waals surface area contributed by atoms with Crippen LogP contribution in [0.15, 0.2) is 47.8 Å². The van der Waals surface area contributed by atoms with E-state index in [4.69, 9.17) is 9.47 Å². The molecule has 0 radical (unpaired) electrons. The van der Waals surface area contributed by atoms with Crippen LogP contribution in [-0.4, -0.2) is 41.4 Å². The van der Waals surface area contributed by atoms with Crippen LogP contribution in [-0.2, 0) is 6.42 Å². The van der Waals surface area contributed by atoms with Crippen molar-refractivity contribution in [2.45, 2.75) is 6.42 Å². The number of methoxy groups -OCH3 is 2. The smallest absolute Gasteiger partial charge is 0.319 e. The number of halogens is 1. The number of carbonyl (C=O) groups is 1. The highest BCUT2D eigenvalue weighted by Gasteiger charge is 2.14. The Balaban J connectivity index is 1.39. The lowest BCUT2D eigenvalue weighted by Gasteiger charge is -2.10. The molecule has 8 nitrogen and oxygen atoms in total. The van der Waals surface area contributed by atoms with Gasteiger partial charge in [0.1, 0.15) is 17.3 Å². The number of hydrogen-bond donors (Lipinski definition) is 2. The Bertz CT molecular complexity index is 1200. The zero-order chi connectivity index (χ0) is 21.8. The molecule has 2 amide bonds. The Hall–Kier alpha value is -3.66. The summed E-state index contributed by atoms with van der Waals surface area (Å²) in [5.41, 5.74) is 1.78. The highest BCUT2D eigenvalue weighted by molar-refractivity contribution is 7.15. The van der Waals surface area contributed by atoms with Crippen LogP contribution in [0.2, 0.25) is 0 Å². The number of anilines is 1. The van der Waals surface area contributed by atoms with E-state index in [1.54, 1.807) is 55.1 Å². The van der Waals surface area contributed by atoms with Gasteiger partial charge in [-0.25, -0.2) is 13.7 Å². The molecule has 0 saturated heterocycles. The third-order valence-corrected chi connectivity index (χ3v) is 5.41. The number of carbonyl (C=O) groups excluding carboxylic acids is 1. The number of fused-ring (bicyclic) bond motifs is 1. The second-order valence-electron chi connectivity index (χ2n) is 6.57. The highest BCUT2D eigenvalue weighted by Crippen LogP contribution is 2.26. The van der Waals surface area contributed by atoms with E-state index in [0.717, 1.165) is 5.69 Å². The Labute approximate surface area is 181 Å². The van der Waals surface area contributed by atoms with Crippen molar-refractivity contribution in [2.24, 2.45) is 0 Å². The minimum atomic E-state index is -0.366. The number of amides is 2. The lowest BCUT2D eigenvalue weighted by Crippen LogP contribution is -2.30. The summed E-state index contributed by atoms with van der Waals surface area (Å²) in [6.07, 6.45) is 0.537. The maximum atomic E-state index is 14.0. The molecule has 0 aliphatic heterocycles. The van der Waals surface area contributed by atoms with Gasteiger partial charge < -0.3 is 20.1 Å². The van der Waals surface area contributed by atoms with Crippen LogP contribution in [0.1, 0.15) is 5.69 Å². The number of ether oxygens (including phenoxy) is 2. The fourth-order valence-electron chi connectivity index (χ4n) is 3.01. The van der Waals surface area contributed by atoms with Crippen LogP contribution >= 0.6 is 11.3 Å². The molecular weight excluding hydrogens is 421 g/mol. The van der Waals surface area contributed by atoms with E-state index in [1.165, 1.54) is 17.4 Å². The van der Waals surface area contributed by atoms with Gasteiger partial charge in [-0.05, 0) is 12.1 Å². The summed E-state index contributed by atoms with van der Waals surface area (Å²) in [6.45, 7) is 0.383. The van der Waals surface area contributed by atoms with Gasteiger partial charge in [-0.2, -0.15) is 4.98 Å². The lowest BCUT2D eigenvalue weighted by atomic mass is 10.2. The third kappa shape index (κ3) is 4.58. The number of rotatable bonds is 7. The van der Waals surface area contributed by atoms with Gasteiger partial charge in [-0.15, -0.1) is 16.4 Å². The molecule has 2 N–H and O–H groups in total. The van der Waals surface area contributed by atoms with Gasteiger partial charge >= 0.3 is 6.03 Å². The number of thiazole rings is 1. The first-order chi connectivity index (χ1) is 15.1. The van der Waals surface area contributed by atoms with Crippen molar-refractivity contribution >= 4 is 28.0 Å². The number of nitrogens with one attached hydrogen (secondary N) is 2. The molecule has 10 heteroatoms. The minimum absolute atomic E-state index is 0.337. The SMILES string of the molecule is COc1cc(NC(=O)NCCc2csc3nc(-c4ccccc4F)nn23)cc(OC)c1. The van der Waals surface area contributed by atoms with Crippen LogP contribution in [0.3, 0.4) is 0 Å². The fourth-order valence-corrected chi connectivity index (χ4v) is 3.87. The molecule has 0 aliphatic carbocycles. The van der Waals surface area contributed by atoms with E-state index in [0.29, 0.717) is 46.5 Å². The molecule has 2 heterocycles. The molecule has 0 fully saturated rings. The van der Waals surface area contributed by atoms with Crippen molar-refractivity contribution < 1.29 is 18.7 Å². The van der Waals surface area contributed by atoms with Gasteiger partial charge in [0.25, 0.3) is 0 Å². The lowest BCUT2D eigenvalue weighted by molar-refractivity contribution is 0.252. The van der Waals surface area contributed by atoms with Crippen LogP contribution in [0.25, 0.3) is 16.3 Å². The largest absolute Gasteiger partial charge is 0.497 e. The average molecular weight is 441 g/mol. The fraction of sp³-hybridized carbons (Fsp3) is 0.190. The summed E-state index contributed by atoms with van der Waals surface area (Å²) >= 11 is 1.42. The summed E-state index contributed by atoms with van der Waals surface area (Å²) in [5.74, 6) is 1.12. The van der Waals surface area contributed by atoms with Gasteiger partial charge in [-0.1, -0.05) is 12.1 Å². The summed E-state index contributed by atoms with van der Waals surface area (Å²) in [7, 11) is 3.09. The zero-order valence-corrected chi connectivity index (χ0v) is 17.7. The molecule has 0 aliphatic rings. The van der Waals surface area contributed by atoms with E-state index in [9.17, 15) is 9.18 Å². The monoisotopic (exact) mass is 441 g/mol. The van der Waals surface area contributed by atoms with E-state index in [1.807, 2.05) is 5.38 Å². The Kier molecular flexibility index (Phi) is 5.99. The minimum Gasteiger partial charge on any atom is -0.497 e. The molecule has 0 unspecified atom stereocenters. The van der Waals surface area contributed by atoms with E-state index < -0.39 is 0 Å². The molecular formula is C21H20FN5O3S. The normalized spacial score (nSPS) is 10.8. The summed E-state index contributed by atoms with van der Waals surface area (Å²) in [5, 5.41) is 11.9. The number of urea groups is 1. The van der Waals surface area contributed by atoms with Crippen molar-refractivity contribution in [1.29, 1.82) is 0 Å². The molecule has 0 atom stereocenters. The van der Waals surface area contributed by atoms with Crippen LogP contribution in [0.4, 0.5) is 14.9 Å². The summed E-state index contributed by atoms with van der Waals surface area (Å²) in [6, 6.07) is 11.2. The van der Waals surface area contributed by atoms with Gasteiger partial charge in [0.15, 0.2) is 5.82 Å². The standard InChI is InChI=1S/C21H20FN5O3S/c1-29-15-9-13(10-16(11-15)30-2)24-20(28)23-8-7-14-12-31-21-25-19(26-27(14)21)17-5-3-4-6-18(17)22/h3-6,9-12H,7-8H2,1-2H3,(H2,23,24,28). The Morgan fingerprint density at radius 1 is 1.16 bits per heavy atom. The predicted molar refractivity (Wildman–Crippen MR) is 117 cm³/mol.